The molecule has 0 atom stereocenters. The van der Waals surface area contributed by atoms with Crippen molar-refractivity contribution in [1.82, 2.24) is 4.57 Å². The fourth-order valence-electron chi connectivity index (χ4n) is 3.29. The van der Waals surface area contributed by atoms with E-state index in [0.29, 0.717) is 22.6 Å². The number of nitrogens with two attached hydrogens (primary N) is 1. The van der Waals surface area contributed by atoms with Crippen LogP contribution in [0, 0.1) is 0 Å². The standard InChI is InChI=1S/C19H17N3O4S/c1-22-10-11(14-8-12(26-2)3-6-18(14)22)7-16-15-9-13(27(20,24)25)4-5-17(15)21-19(16)23/h3-10H,1-2H3,(H,21,23)(H2,20,24,25)/b16-7-. The van der Waals surface area contributed by atoms with Gasteiger partial charge in [-0.3, -0.25) is 4.79 Å². The number of hydrogen-bond donors (Lipinski definition) is 2. The van der Waals surface area contributed by atoms with Gasteiger partial charge < -0.3 is 14.6 Å². The van der Waals surface area contributed by atoms with Crippen LogP contribution in [0.25, 0.3) is 22.6 Å². The molecule has 1 aliphatic rings. The molecule has 0 radical (unpaired) electrons. The average molecular weight is 383 g/mol. The molecule has 2 heterocycles. The minimum absolute atomic E-state index is 0.0387. The zero-order chi connectivity index (χ0) is 19.3. The number of fused-ring (bicyclic) bond motifs is 2. The van der Waals surface area contributed by atoms with Crippen LogP contribution >= 0.6 is 0 Å². The summed E-state index contributed by atoms with van der Waals surface area (Å²) < 4.78 is 30.6. The number of methoxy groups -OCH3 is 1. The largest absolute Gasteiger partial charge is 0.497 e. The Kier molecular flexibility index (Phi) is 3.83. The van der Waals surface area contributed by atoms with Crippen molar-refractivity contribution in [3.05, 3.63) is 53.7 Å². The van der Waals surface area contributed by atoms with Gasteiger partial charge >= 0.3 is 0 Å². The Morgan fingerprint density at radius 1 is 1.19 bits per heavy atom. The molecule has 2 aromatic carbocycles. The molecule has 3 aromatic rings. The molecule has 8 heteroatoms. The van der Waals surface area contributed by atoms with Gasteiger partial charge in [0.15, 0.2) is 0 Å². The molecule has 138 valence electrons. The molecule has 0 spiro atoms. The van der Waals surface area contributed by atoms with Crippen LogP contribution in [0.15, 0.2) is 47.5 Å². The summed E-state index contributed by atoms with van der Waals surface area (Å²) in [5.74, 6) is 0.414. The molecule has 1 aliphatic heterocycles. The van der Waals surface area contributed by atoms with E-state index in [2.05, 4.69) is 5.32 Å². The van der Waals surface area contributed by atoms with Gasteiger partial charge in [-0.15, -0.1) is 0 Å². The van der Waals surface area contributed by atoms with E-state index in [1.807, 2.05) is 36.0 Å². The number of ether oxygens (including phenoxy) is 1. The molecule has 0 saturated carbocycles. The van der Waals surface area contributed by atoms with E-state index in [0.717, 1.165) is 16.5 Å². The summed E-state index contributed by atoms with van der Waals surface area (Å²) in [4.78, 5) is 12.4. The summed E-state index contributed by atoms with van der Waals surface area (Å²) in [7, 11) is -0.354. The van der Waals surface area contributed by atoms with Crippen molar-refractivity contribution in [2.75, 3.05) is 12.4 Å². The number of amides is 1. The van der Waals surface area contributed by atoms with Gasteiger partial charge in [-0.1, -0.05) is 0 Å². The van der Waals surface area contributed by atoms with Crippen LogP contribution in [0.4, 0.5) is 5.69 Å². The van der Waals surface area contributed by atoms with Gasteiger partial charge in [-0.25, -0.2) is 13.6 Å². The quantitative estimate of drug-likeness (QED) is 0.678. The lowest BCUT2D eigenvalue weighted by atomic mass is 10.0. The molecule has 1 amide bonds. The molecule has 0 fully saturated rings. The number of carbonyl (C=O) groups is 1. The van der Waals surface area contributed by atoms with Crippen LogP contribution in [0.3, 0.4) is 0 Å². The zero-order valence-corrected chi connectivity index (χ0v) is 15.5. The summed E-state index contributed by atoms with van der Waals surface area (Å²) in [6.45, 7) is 0. The lowest BCUT2D eigenvalue weighted by molar-refractivity contribution is -0.110. The van der Waals surface area contributed by atoms with E-state index in [4.69, 9.17) is 9.88 Å². The fraction of sp³-hybridized carbons (Fsp3) is 0.105. The molecular weight excluding hydrogens is 366 g/mol. The molecule has 0 unspecified atom stereocenters. The Morgan fingerprint density at radius 3 is 2.67 bits per heavy atom. The molecule has 1 aromatic heterocycles. The number of nitrogens with zero attached hydrogens (tertiary/aromatic N) is 1. The fourth-order valence-corrected chi connectivity index (χ4v) is 3.83. The first-order valence-electron chi connectivity index (χ1n) is 8.11. The maximum absolute atomic E-state index is 12.5. The first-order chi connectivity index (χ1) is 12.8. The number of carbonyl (C=O) groups excluding carboxylic acids is 1. The highest BCUT2D eigenvalue weighted by molar-refractivity contribution is 7.89. The number of benzene rings is 2. The topological polar surface area (TPSA) is 103 Å². The highest BCUT2D eigenvalue weighted by atomic mass is 32.2. The van der Waals surface area contributed by atoms with E-state index in [1.54, 1.807) is 19.3 Å². The van der Waals surface area contributed by atoms with E-state index in [-0.39, 0.29) is 10.8 Å². The molecule has 0 saturated heterocycles. The minimum atomic E-state index is -3.86. The van der Waals surface area contributed by atoms with Gasteiger partial charge in [0.05, 0.1) is 12.0 Å². The monoisotopic (exact) mass is 383 g/mol. The summed E-state index contributed by atoms with van der Waals surface area (Å²) in [5, 5.41) is 8.90. The van der Waals surface area contributed by atoms with Crippen molar-refractivity contribution in [1.29, 1.82) is 0 Å². The number of aryl methyl sites for hydroxylation is 1. The van der Waals surface area contributed by atoms with Crippen molar-refractivity contribution in [3.8, 4) is 5.75 Å². The summed E-state index contributed by atoms with van der Waals surface area (Å²) >= 11 is 0. The van der Waals surface area contributed by atoms with Crippen LogP contribution in [-0.4, -0.2) is 26.0 Å². The summed E-state index contributed by atoms with van der Waals surface area (Å²) in [5.41, 5.74) is 3.25. The predicted molar refractivity (Wildman–Crippen MR) is 104 cm³/mol. The second-order valence-corrected chi connectivity index (χ2v) is 7.90. The third-order valence-corrected chi connectivity index (χ3v) is 5.54. The van der Waals surface area contributed by atoms with Crippen LogP contribution in [0.2, 0.25) is 0 Å². The number of sulfonamides is 1. The third kappa shape index (κ3) is 2.88. The average Bonchev–Trinajstić information content (AvgIpc) is 3.10. The summed E-state index contributed by atoms with van der Waals surface area (Å²) in [6.07, 6.45) is 3.65. The molecule has 0 bridgehead atoms. The third-order valence-electron chi connectivity index (χ3n) is 4.63. The first-order valence-corrected chi connectivity index (χ1v) is 9.66. The molecule has 4 rings (SSSR count). The lowest BCUT2D eigenvalue weighted by Crippen LogP contribution is -2.12. The summed E-state index contributed by atoms with van der Waals surface area (Å²) in [6, 6.07) is 10.0. The number of hydrogen-bond acceptors (Lipinski definition) is 4. The second kappa shape index (κ2) is 5.97. The van der Waals surface area contributed by atoms with Gasteiger partial charge in [0.25, 0.3) is 5.91 Å². The smallest absolute Gasteiger partial charge is 0.256 e. The van der Waals surface area contributed by atoms with Gasteiger partial charge in [0.1, 0.15) is 5.75 Å². The molecular formula is C19H17N3O4S. The van der Waals surface area contributed by atoms with Crippen molar-refractivity contribution in [2.24, 2.45) is 12.2 Å². The minimum Gasteiger partial charge on any atom is -0.497 e. The Morgan fingerprint density at radius 2 is 1.96 bits per heavy atom. The number of rotatable bonds is 3. The Hall–Kier alpha value is -3.10. The van der Waals surface area contributed by atoms with Crippen LogP contribution < -0.4 is 15.2 Å². The predicted octanol–water partition coefficient (Wildman–Crippen LogP) is 2.33. The van der Waals surface area contributed by atoms with Gasteiger partial charge in [-0.05, 0) is 42.5 Å². The van der Waals surface area contributed by atoms with Crippen LogP contribution in [0.5, 0.6) is 5.75 Å². The first kappa shape index (κ1) is 17.3. The maximum Gasteiger partial charge on any atom is 0.256 e. The van der Waals surface area contributed by atoms with E-state index < -0.39 is 10.0 Å². The SMILES string of the molecule is COc1ccc2c(c1)c(/C=C1\C(=O)Nc3ccc(S(N)(=O)=O)cc31)cn2C. The zero-order valence-electron chi connectivity index (χ0n) is 14.7. The molecule has 3 N–H and O–H groups in total. The lowest BCUT2D eigenvalue weighted by Gasteiger charge is -2.03. The highest BCUT2D eigenvalue weighted by Crippen LogP contribution is 2.36. The molecule has 7 nitrogen and oxygen atoms in total. The second-order valence-electron chi connectivity index (χ2n) is 6.34. The molecule has 0 aliphatic carbocycles. The van der Waals surface area contributed by atoms with E-state index in [9.17, 15) is 13.2 Å². The van der Waals surface area contributed by atoms with Crippen LogP contribution in [-0.2, 0) is 21.9 Å². The van der Waals surface area contributed by atoms with E-state index >= 15 is 0 Å². The van der Waals surface area contributed by atoms with Gasteiger partial charge in [-0.2, -0.15) is 0 Å². The normalized spacial score (nSPS) is 15.2. The number of nitrogens with one attached hydrogen (secondary N) is 1. The van der Waals surface area contributed by atoms with Gasteiger partial charge in [0, 0.05) is 46.5 Å². The van der Waals surface area contributed by atoms with Crippen molar-refractivity contribution in [2.45, 2.75) is 4.90 Å². The Bertz CT molecular complexity index is 1240. The van der Waals surface area contributed by atoms with Crippen LogP contribution in [0.1, 0.15) is 11.1 Å². The van der Waals surface area contributed by atoms with Crippen molar-refractivity contribution in [3.63, 3.8) is 0 Å². The highest BCUT2D eigenvalue weighted by Gasteiger charge is 2.26. The molecule has 27 heavy (non-hydrogen) atoms. The van der Waals surface area contributed by atoms with Gasteiger partial charge in [0.2, 0.25) is 10.0 Å². The maximum atomic E-state index is 12.5. The Balaban J connectivity index is 1.91. The number of anilines is 1. The van der Waals surface area contributed by atoms with Crippen molar-refractivity contribution >= 4 is 44.2 Å². The van der Waals surface area contributed by atoms with E-state index in [1.165, 1.54) is 12.1 Å². The van der Waals surface area contributed by atoms with Crippen molar-refractivity contribution < 1.29 is 17.9 Å². The Labute approximate surface area is 156 Å². The number of primary sulfonamides is 1. The number of aromatic nitrogens is 1.